The summed E-state index contributed by atoms with van der Waals surface area (Å²) < 4.78 is 0.904. The normalized spacial score (nSPS) is 10.3. The summed E-state index contributed by atoms with van der Waals surface area (Å²) in [6.07, 6.45) is 0. The van der Waals surface area contributed by atoms with Gasteiger partial charge in [0.1, 0.15) is 12.2 Å². The molecule has 0 aliphatic carbocycles. The predicted molar refractivity (Wildman–Crippen MR) is 102 cm³/mol. The van der Waals surface area contributed by atoms with Crippen LogP contribution in [-0.4, -0.2) is 25.5 Å². The Kier molecular flexibility index (Phi) is 5.39. The molecule has 146 valence electrons. The topological polar surface area (TPSA) is 150 Å². The van der Waals surface area contributed by atoms with Gasteiger partial charge in [0.15, 0.2) is 0 Å². The maximum Gasteiger partial charge on any atom is 0.292 e. The second-order valence-corrected chi connectivity index (χ2v) is 5.84. The Morgan fingerprint density at radius 2 is 1.66 bits per heavy atom. The summed E-state index contributed by atoms with van der Waals surface area (Å²) in [7, 11) is 0. The lowest BCUT2D eigenvalue weighted by Gasteiger charge is -2.08. The van der Waals surface area contributed by atoms with Gasteiger partial charge < -0.3 is 5.32 Å². The minimum Gasteiger partial charge on any atom is -0.319 e. The molecule has 0 atom stereocenters. The van der Waals surface area contributed by atoms with E-state index in [0.717, 1.165) is 4.68 Å². The maximum atomic E-state index is 12.3. The van der Waals surface area contributed by atoms with Crippen molar-refractivity contribution in [1.29, 1.82) is 0 Å². The second kappa shape index (κ2) is 8.08. The van der Waals surface area contributed by atoms with E-state index < -0.39 is 27.9 Å². The van der Waals surface area contributed by atoms with Crippen molar-refractivity contribution in [3.63, 3.8) is 0 Å². The van der Waals surface area contributed by atoms with Gasteiger partial charge >= 0.3 is 0 Å². The number of rotatable bonds is 6. The number of nitrogens with one attached hydrogen (secondary N) is 1. The van der Waals surface area contributed by atoms with Crippen LogP contribution in [0.2, 0.25) is 0 Å². The van der Waals surface area contributed by atoms with Crippen molar-refractivity contribution in [2.24, 2.45) is 0 Å². The Morgan fingerprint density at radius 3 is 2.31 bits per heavy atom. The molecule has 0 saturated carbocycles. The molecule has 1 N–H and O–H groups in total. The number of aromatic nitrogens is 2. The van der Waals surface area contributed by atoms with E-state index in [4.69, 9.17) is 0 Å². The van der Waals surface area contributed by atoms with E-state index in [-0.39, 0.29) is 17.1 Å². The van der Waals surface area contributed by atoms with Gasteiger partial charge in [-0.25, -0.2) is 4.68 Å². The molecular weight excluding hydrogens is 382 g/mol. The molecule has 1 amide bonds. The molecule has 11 nitrogen and oxygen atoms in total. The summed E-state index contributed by atoms with van der Waals surface area (Å²) in [5.41, 5.74) is -0.0661. The van der Waals surface area contributed by atoms with Gasteiger partial charge in [0.25, 0.3) is 16.9 Å². The van der Waals surface area contributed by atoms with E-state index in [1.165, 1.54) is 60.7 Å². The van der Waals surface area contributed by atoms with E-state index in [9.17, 15) is 29.8 Å². The lowest BCUT2D eigenvalue weighted by molar-refractivity contribution is -0.384. The van der Waals surface area contributed by atoms with Crippen molar-refractivity contribution in [3.05, 3.63) is 91.2 Å². The minimum atomic E-state index is -0.672. The van der Waals surface area contributed by atoms with E-state index in [1.807, 2.05) is 0 Å². The smallest absolute Gasteiger partial charge is 0.292 e. The zero-order chi connectivity index (χ0) is 21.0. The lowest BCUT2D eigenvalue weighted by Crippen LogP contribution is -2.29. The van der Waals surface area contributed by atoms with Crippen LogP contribution >= 0.6 is 0 Å². The van der Waals surface area contributed by atoms with Crippen LogP contribution in [0.25, 0.3) is 11.3 Å². The molecule has 1 heterocycles. The number of non-ortho nitro benzene ring substituents is 1. The predicted octanol–water partition coefficient (Wildman–Crippen LogP) is 2.37. The number of carbonyl (C=O) groups is 1. The number of nitrogens with zero attached hydrogens (tertiary/aromatic N) is 4. The Hall–Kier alpha value is -4.41. The van der Waals surface area contributed by atoms with Gasteiger partial charge in [-0.1, -0.05) is 12.1 Å². The highest BCUT2D eigenvalue weighted by Crippen LogP contribution is 2.23. The standard InChI is InChI=1S/C18H13N5O6/c24-17(19-15-3-1-2-4-16(15)23(28)29)11-21-18(25)10-9-14(20-21)12-5-7-13(8-6-12)22(26)27/h1-10H,11H2,(H,19,24). The summed E-state index contributed by atoms with van der Waals surface area (Å²) in [6.45, 7) is -0.467. The van der Waals surface area contributed by atoms with Gasteiger partial charge in [0.2, 0.25) is 5.91 Å². The lowest BCUT2D eigenvalue weighted by atomic mass is 10.1. The van der Waals surface area contributed by atoms with E-state index in [2.05, 4.69) is 10.4 Å². The fourth-order valence-corrected chi connectivity index (χ4v) is 2.53. The molecule has 11 heteroatoms. The average molecular weight is 395 g/mol. The van der Waals surface area contributed by atoms with Crippen LogP contribution in [0.5, 0.6) is 0 Å². The summed E-state index contributed by atoms with van der Waals surface area (Å²) in [5.74, 6) is -0.672. The molecule has 3 aromatic rings. The number of anilines is 1. The molecule has 1 aromatic heterocycles. The van der Waals surface area contributed by atoms with Crippen LogP contribution in [0.4, 0.5) is 17.1 Å². The Balaban J connectivity index is 1.82. The number of amides is 1. The van der Waals surface area contributed by atoms with Crippen LogP contribution in [0.3, 0.4) is 0 Å². The van der Waals surface area contributed by atoms with Gasteiger partial charge in [0.05, 0.1) is 15.5 Å². The number of carbonyl (C=O) groups excluding carboxylic acids is 1. The van der Waals surface area contributed by atoms with E-state index >= 15 is 0 Å². The van der Waals surface area contributed by atoms with Gasteiger partial charge in [-0.3, -0.25) is 29.8 Å². The maximum absolute atomic E-state index is 12.3. The zero-order valence-electron chi connectivity index (χ0n) is 14.7. The second-order valence-electron chi connectivity index (χ2n) is 5.84. The summed E-state index contributed by atoms with van der Waals surface area (Å²) in [5, 5.41) is 28.3. The quantitative estimate of drug-likeness (QED) is 0.497. The number of nitro benzene ring substituents is 2. The number of hydrogen-bond acceptors (Lipinski definition) is 7. The molecule has 29 heavy (non-hydrogen) atoms. The molecule has 0 spiro atoms. The third-order valence-electron chi connectivity index (χ3n) is 3.91. The zero-order valence-corrected chi connectivity index (χ0v) is 14.7. The number of benzene rings is 2. The van der Waals surface area contributed by atoms with Crippen LogP contribution in [-0.2, 0) is 11.3 Å². The van der Waals surface area contributed by atoms with Crippen LogP contribution in [0.1, 0.15) is 0 Å². The van der Waals surface area contributed by atoms with Crippen LogP contribution in [0.15, 0.2) is 65.5 Å². The SMILES string of the molecule is O=C(Cn1nc(-c2ccc([N+](=O)[O-])cc2)ccc1=O)Nc1ccccc1[N+](=O)[O-]. The summed E-state index contributed by atoms with van der Waals surface area (Å²) >= 11 is 0. The first-order valence-corrected chi connectivity index (χ1v) is 8.21. The molecule has 0 aliphatic rings. The van der Waals surface area contributed by atoms with Crippen LogP contribution < -0.4 is 10.9 Å². The molecule has 3 rings (SSSR count). The highest BCUT2D eigenvalue weighted by atomic mass is 16.6. The molecule has 0 unspecified atom stereocenters. The summed E-state index contributed by atoms with van der Waals surface area (Å²) in [4.78, 5) is 44.9. The first kappa shape index (κ1) is 19.4. The van der Waals surface area contributed by atoms with E-state index in [0.29, 0.717) is 11.3 Å². The van der Waals surface area contributed by atoms with Crippen LogP contribution in [0, 0.1) is 20.2 Å². The third-order valence-corrected chi connectivity index (χ3v) is 3.91. The van der Waals surface area contributed by atoms with Crippen molar-refractivity contribution < 1.29 is 14.6 Å². The fourth-order valence-electron chi connectivity index (χ4n) is 2.53. The van der Waals surface area contributed by atoms with Gasteiger partial charge in [-0.2, -0.15) is 5.10 Å². The highest BCUT2D eigenvalue weighted by molar-refractivity contribution is 5.92. The Labute approximate surface area is 162 Å². The largest absolute Gasteiger partial charge is 0.319 e. The van der Waals surface area contributed by atoms with Gasteiger partial charge in [-0.05, 0) is 24.3 Å². The van der Waals surface area contributed by atoms with Gasteiger partial charge in [0, 0.05) is 29.8 Å². The van der Waals surface area contributed by atoms with Crippen molar-refractivity contribution >= 4 is 23.0 Å². The third kappa shape index (κ3) is 4.47. The Bertz CT molecular complexity index is 1160. The fraction of sp³-hybridized carbons (Fsp3) is 0.0556. The highest BCUT2D eigenvalue weighted by Gasteiger charge is 2.16. The molecule has 2 aromatic carbocycles. The van der Waals surface area contributed by atoms with Crippen molar-refractivity contribution in [3.8, 4) is 11.3 Å². The molecule has 0 bridgehead atoms. The number of para-hydroxylation sites is 2. The monoisotopic (exact) mass is 395 g/mol. The molecule has 0 saturated heterocycles. The average Bonchev–Trinajstić information content (AvgIpc) is 2.70. The number of nitro groups is 2. The Morgan fingerprint density at radius 1 is 0.966 bits per heavy atom. The van der Waals surface area contributed by atoms with Gasteiger partial charge in [-0.15, -0.1) is 0 Å². The molecule has 0 aliphatic heterocycles. The minimum absolute atomic E-state index is 0.00192. The first-order valence-electron chi connectivity index (χ1n) is 8.21. The summed E-state index contributed by atoms with van der Waals surface area (Å²) in [6, 6.07) is 13.8. The van der Waals surface area contributed by atoms with Crippen molar-refractivity contribution in [1.82, 2.24) is 9.78 Å². The van der Waals surface area contributed by atoms with Crippen molar-refractivity contribution in [2.75, 3.05) is 5.32 Å². The van der Waals surface area contributed by atoms with E-state index in [1.54, 1.807) is 0 Å². The molecule has 0 fully saturated rings. The molecular formula is C18H13N5O6. The number of hydrogen-bond donors (Lipinski definition) is 1. The van der Waals surface area contributed by atoms with Crippen molar-refractivity contribution in [2.45, 2.75) is 6.54 Å². The first-order chi connectivity index (χ1) is 13.8. The molecule has 0 radical (unpaired) electrons.